The zero-order valence-electron chi connectivity index (χ0n) is 13.8. The molecule has 0 bridgehead atoms. The molecule has 1 saturated carbocycles. The van der Waals surface area contributed by atoms with Crippen LogP contribution in [0.3, 0.4) is 0 Å². The molecule has 0 saturated heterocycles. The van der Waals surface area contributed by atoms with Crippen molar-refractivity contribution < 1.29 is 9.59 Å². The van der Waals surface area contributed by atoms with Crippen molar-refractivity contribution in [3.05, 3.63) is 18.3 Å². The maximum Gasteiger partial charge on any atom is 0.322 e. The highest BCUT2D eigenvalue weighted by Crippen LogP contribution is 2.32. The van der Waals surface area contributed by atoms with E-state index >= 15 is 0 Å². The van der Waals surface area contributed by atoms with Crippen LogP contribution in [0, 0.1) is 0 Å². The van der Waals surface area contributed by atoms with Gasteiger partial charge in [-0.3, -0.25) is 9.69 Å². The number of aromatic nitrogens is 1. The van der Waals surface area contributed by atoms with Crippen LogP contribution in [0.25, 0.3) is 0 Å². The largest absolute Gasteiger partial charge is 0.353 e. The molecule has 3 rings (SSSR count). The second kappa shape index (κ2) is 8.37. The zero-order valence-corrected chi connectivity index (χ0v) is 14.6. The van der Waals surface area contributed by atoms with Crippen LogP contribution in [0.4, 0.5) is 10.5 Å². The number of thioether (sulfide) groups is 1. The highest BCUT2D eigenvalue weighted by molar-refractivity contribution is 7.99. The van der Waals surface area contributed by atoms with Crippen molar-refractivity contribution in [2.24, 2.45) is 0 Å². The van der Waals surface area contributed by atoms with Gasteiger partial charge in [-0.1, -0.05) is 19.3 Å². The monoisotopic (exact) mass is 348 g/mol. The molecule has 7 heteroatoms. The minimum Gasteiger partial charge on any atom is -0.353 e. The number of anilines is 1. The lowest BCUT2D eigenvalue weighted by Crippen LogP contribution is -2.44. The number of fused-ring (bicyclic) bond motifs is 1. The smallest absolute Gasteiger partial charge is 0.322 e. The highest BCUT2D eigenvalue weighted by atomic mass is 32.2. The standard InChI is InChI=1S/C17H24N4O2S/c22-15(20-13-5-2-1-3-6-13)8-10-19-17(23)21-11-12-24-16-14(21)7-4-9-18-16/h4,7,9,13H,1-3,5-6,8,10-12H2,(H,19,23)(H,20,22). The lowest BCUT2D eigenvalue weighted by molar-refractivity contribution is -0.121. The average molecular weight is 348 g/mol. The van der Waals surface area contributed by atoms with E-state index in [1.165, 1.54) is 19.3 Å². The molecule has 1 aromatic rings. The van der Waals surface area contributed by atoms with Crippen LogP contribution >= 0.6 is 11.8 Å². The zero-order chi connectivity index (χ0) is 16.8. The fourth-order valence-electron chi connectivity index (χ4n) is 3.19. The number of pyridine rings is 1. The van der Waals surface area contributed by atoms with Crippen LogP contribution in [0.1, 0.15) is 38.5 Å². The fourth-order valence-corrected chi connectivity index (χ4v) is 4.12. The first-order chi connectivity index (χ1) is 11.7. The first-order valence-electron chi connectivity index (χ1n) is 8.66. The van der Waals surface area contributed by atoms with E-state index < -0.39 is 0 Å². The SMILES string of the molecule is O=C(CCNC(=O)N1CCSc2ncccc21)NC1CCCCC1. The van der Waals surface area contributed by atoms with E-state index in [9.17, 15) is 9.59 Å². The molecular weight excluding hydrogens is 324 g/mol. The molecule has 0 unspecified atom stereocenters. The Kier molecular flexibility index (Phi) is 5.96. The van der Waals surface area contributed by atoms with Crippen LogP contribution in [-0.4, -0.2) is 41.8 Å². The summed E-state index contributed by atoms with van der Waals surface area (Å²) in [5.74, 6) is 0.859. The normalized spacial score (nSPS) is 17.9. The van der Waals surface area contributed by atoms with Gasteiger partial charge in [0, 0.05) is 37.5 Å². The predicted octanol–water partition coefficient (Wildman–Crippen LogP) is 2.54. The van der Waals surface area contributed by atoms with Gasteiger partial charge in [-0.2, -0.15) is 0 Å². The molecule has 1 aromatic heterocycles. The molecule has 0 radical (unpaired) electrons. The van der Waals surface area contributed by atoms with Crippen LogP contribution in [0.15, 0.2) is 23.4 Å². The lowest BCUT2D eigenvalue weighted by atomic mass is 9.95. The quantitative estimate of drug-likeness (QED) is 0.877. The third kappa shape index (κ3) is 4.41. The van der Waals surface area contributed by atoms with E-state index in [0.717, 1.165) is 29.3 Å². The minimum absolute atomic E-state index is 0.0264. The van der Waals surface area contributed by atoms with Crippen molar-refractivity contribution in [2.45, 2.75) is 49.6 Å². The minimum atomic E-state index is -0.157. The van der Waals surface area contributed by atoms with Gasteiger partial charge in [0.2, 0.25) is 5.91 Å². The highest BCUT2D eigenvalue weighted by Gasteiger charge is 2.23. The molecule has 1 aliphatic heterocycles. The average Bonchev–Trinajstić information content (AvgIpc) is 2.62. The summed E-state index contributed by atoms with van der Waals surface area (Å²) in [6.45, 7) is 1.01. The summed E-state index contributed by atoms with van der Waals surface area (Å²) in [5, 5.41) is 6.80. The van der Waals surface area contributed by atoms with Gasteiger partial charge < -0.3 is 10.6 Å². The molecule has 1 fully saturated rings. The summed E-state index contributed by atoms with van der Waals surface area (Å²) in [6, 6.07) is 3.90. The summed E-state index contributed by atoms with van der Waals surface area (Å²) < 4.78 is 0. The molecule has 130 valence electrons. The predicted molar refractivity (Wildman–Crippen MR) is 95.3 cm³/mol. The Morgan fingerprint density at radius 3 is 2.96 bits per heavy atom. The Bertz CT molecular complexity index is 590. The van der Waals surface area contributed by atoms with Crippen molar-refractivity contribution in [1.82, 2.24) is 15.6 Å². The molecule has 24 heavy (non-hydrogen) atoms. The summed E-state index contributed by atoms with van der Waals surface area (Å²) in [5.41, 5.74) is 0.845. The molecule has 3 amide bonds. The van der Waals surface area contributed by atoms with E-state index in [0.29, 0.717) is 25.6 Å². The van der Waals surface area contributed by atoms with Crippen molar-refractivity contribution in [2.75, 3.05) is 23.7 Å². The number of amides is 3. The third-order valence-electron chi connectivity index (χ3n) is 4.44. The number of hydrogen-bond acceptors (Lipinski definition) is 4. The summed E-state index contributed by atoms with van der Waals surface area (Å²) in [7, 11) is 0. The third-order valence-corrected chi connectivity index (χ3v) is 5.41. The molecule has 0 spiro atoms. The summed E-state index contributed by atoms with van der Waals surface area (Å²) in [4.78, 5) is 30.4. The van der Waals surface area contributed by atoms with E-state index in [2.05, 4.69) is 15.6 Å². The Morgan fingerprint density at radius 1 is 1.29 bits per heavy atom. The van der Waals surface area contributed by atoms with Crippen LogP contribution in [0.5, 0.6) is 0 Å². The van der Waals surface area contributed by atoms with Crippen molar-refractivity contribution >= 4 is 29.4 Å². The lowest BCUT2D eigenvalue weighted by Gasteiger charge is -2.28. The van der Waals surface area contributed by atoms with Crippen molar-refractivity contribution in [1.29, 1.82) is 0 Å². The Hall–Kier alpha value is -1.76. The number of hydrogen-bond donors (Lipinski definition) is 2. The topological polar surface area (TPSA) is 74.3 Å². The van der Waals surface area contributed by atoms with Crippen LogP contribution in [0.2, 0.25) is 0 Å². The van der Waals surface area contributed by atoms with Crippen LogP contribution in [-0.2, 0) is 4.79 Å². The molecule has 2 heterocycles. The van der Waals surface area contributed by atoms with Crippen molar-refractivity contribution in [3.63, 3.8) is 0 Å². The van der Waals surface area contributed by atoms with E-state index in [4.69, 9.17) is 0 Å². The number of carbonyl (C=O) groups excluding carboxylic acids is 2. The molecular formula is C17H24N4O2S. The molecule has 2 aliphatic rings. The van der Waals surface area contributed by atoms with Gasteiger partial charge in [0.15, 0.2) is 0 Å². The van der Waals surface area contributed by atoms with Gasteiger partial charge in [-0.25, -0.2) is 9.78 Å². The van der Waals surface area contributed by atoms with Gasteiger partial charge in [0.05, 0.1) is 5.69 Å². The van der Waals surface area contributed by atoms with Gasteiger partial charge in [-0.15, -0.1) is 11.8 Å². The summed E-state index contributed by atoms with van der Waals surface area (Å²) in [6.07, 6.45) is 7.88. The Balaban J connectivity index is 1.43. The van der Waals surface area contributed by atoms with Gasteiger partial charge in [0.25, 0.3) is 0 Å². The summed E-state index contributed by atoms with van der Waals surface area (Å²) >= 11 is 1.66. The maximum atomic E-state index is 12.4. The molecule has 1 aliphatic carbocycles. The Morgan fingerprint density at radius 2 is 2.12 bits per heavy atom. The number of rotatable bonds is 4. The van der Waals surface area contributed by atoms with Gasteiger partial charge >= 0.3 is 6.03 Å². The second-order valence-electron chi connectivity index (χ2n) is 6.21. The van der Waals surface area contributed by atoms with E-state index in [1.54, 1.807) is 22.9 Å². The first-order valence-corrected chi connectivity index (χ1v) is 9.65. The maximum absolute atomic E-state index is 12.4. The Labute approximate surface area is 146 Å². The number of carbonyl (C=O) groups is 2. The van der Waals surface area contributed by atoms with Crippen molar-refractivity contribution in [3.8, 4) is 0 Å². The van der Waals surface area contributed by atoms with E-state index in [1.807, 2.05) is 12.1 Å². The molecule has 6 nitrogen and oxygen atoms in total. The van der Waals surface area contributed by atoms with Gasteiger partial charge in [0.1, 0.15) is 5.03 Å². The van der Waals surface area contributed by atoms with E-state index in [-0.39, 0.29) is 11.9 Å². The number of urea groups is 1. The van der Waals surface area contributed by atoms with Gasteiger partial charge in [-0.05, 0) is 25.0 Å². The fraction of sp³-hybridized carbons (Fsp3) is 0.588. The first kappa shape index (κ1) is 17.1. The number of nitrogens with one attached hydrogen (secondary N) is 2. The van der Waals surface area contributed by atoms with Crippen LogP contribution < -0.4 is 15.5 Å². The molecule has 0 atom stereocenters. The second-order valence-corrected chi connectivity index (χ2v) is 7.30. The molecule has 2 N–H and O–H groups in total. The molecule has 0 aromatic carbocycles. The number of nitrogens with zero attached hydrogens (tertiary/aromatic N) is 2.